The summed E-state index contributed by atoms with van der Waals surface area (Å²) >= 11 is 0. The lowest BCUT2D eigenvalue weighted by atomic mass is 9.82. The minimum absolute atomic E-state index is 0.0288. The second-order valence-corrected chi connectivity index (χ2v) is 10.6. The quantitative estimate of drug-likeness (QED) is 0.613. The fourth-order valence-electron chi connectivity index (χ4n) is 5.05. The van der Waals surface area contributed by atoms with Crippen molar-refractivity contribution in [1.82, 2.24) is 4.31 Å². The largest absolute Gasteiger partial charge is 0.394 e. The van der Waals surface area contributed by atoms with Crippen molar-refractivity contribution in [3.63, 3.8) is 0 Å². The van der Waals surface area contributed by atoms with Gasteiger partial charge in [0, 0.05) is 18.2 Å². The molecule has 3 aromatic carbocycles. The summed E-state index contributed by atoms with van der Waals surface area (Å²) in [5.74, 6) is -0.0288. The van der Waals surface area contributed by atoms with Crippen molar-refractivity contribution in [1.29, 1.82) is 5.26 Å². The van der Waals surface area contributed by atoms with Crippen molar-refractivity contribution in [3.05, 3.63) is 83.4 Å². The smallest absolute Gasteiger partial charge is 0.243 e. The Kier molecular flexibility index (Phi) is 5.45. The van der Waals surface area contributed by atoms with Gasteiger partial charge in [0.2, 0.25) is 10.0 Å². The average Bonchev–Trinajstić information content (AvgIpc) is 3.30. The summed E-state index contributed by atoms with van der Waals surface area (Å²) in [5.41, 5.74) is 5.28. The van der Waals surface area contributed by atoms with Crippen LogP contribution in [0.1, 0.15) is 29.2 Å². The summed E-state index contributed by atoms with van der Waals surface area (Å²) < 4.78 is 28.9. The minimum Gasteiger partial charge on any atom is -0.394 e. The molecule has 1 fully saturated rings. The number of hydrogen-bond donors (Lipinski definition) is 2. The molecule has 2 heterocycles. The van der Waals surface area contributed by atoms with Gasteiger partial charge in [-0.25, -0.2) is 8.42 Å². The molecule has 33 heavy (non-hydrogen) atoms. The van der Waals surface area contributed by atoms with E-state index in [4.69, 9.17) is 5.26 Å². The highest BCUT2D eigenvalue weighted by Gasteiger charge is 2.48. The molecule has 0 radical (unpaired) electrons. The Hall–Kier alpha value is -3.18. The number of aliphatic hydroxyl groups excluding tert-OH is 1. The van der Waals surface area contributed by atoms with Gasteiger partial charge in [-0.1, -0.05) is 35.9 Å². The zero-order valence-electron chi connectivity index (χ0n) is 18.3. The van der Waals surface area contributed by atoms with Crippen molar-refractivity contribution >= 4 is 15.7 Å². The van der Waals surface area contributed by atoms with Gasteiger partial charge in [-0.3, -0.25) is 0 Å². The number of nitrogens with one attached hydrogen (secondary N) is 1. The fourth-order valence-corrected chi connectivity index (χ4v) is 6.72. The number of nitrogens with zero attached hydrogens (tertiary/aromatic N) is 2. The van der Waals surface area contributed by atoms with Gasteiger partial charge in [-0.05, 0) is 66.4 Å². The van der Waals surface area contributed by atoms with Gasteiger partial charge in [0.25, 0.3) is 0 Å². The molecule has 0 bridgehead atoms. The fraction of sp³-hybridized carbons (Fsp3) is 0.269. The molecule has 2 N–H and O–H groups in total. The van der Waals surface area contributed by atoms with Crippen LogP contribution < -0.4 is 5.32 Å². The predicted molar refractivity (Wildman–Crippen MR) is 127 cm³/mol. The number of rotatable bonds is 4. The lowest BCUT2D eigenvalue weighted by Gasteiger charge is -2.39. The highest BCUT2D eigenvalue weighted by molar-refractivity contribution is 7.89. The van der Waals surface area contributed by atoms with E-state index in [0.717, 1.165) is 27.9 Å². The standard InChI is InChI=1S/C26H25N3O3S/c1-17-2-9-21(10-3-17)33(31,32)29-13-12-22-25(16-30)28-24-11-8-20(14-23(24)26(22)29)19-6-4-18(15-27)5-7-19/h2-11,14,22,25-26,28,30H,12-13,16H2,1H3/t22-,25-,26-/m1/s1. The van der Waals surface area contributed by atoms with E-state index in [2.05, 4.69) is 11.4 Å². The zero-order chi connectivity index (χ0) is 23.2. The van der Waals surface area contributed by atoms with E-state index < -0.39 is 10.0 Å². The van der Waals surface area contributed by atoms with Crippen molar-refractivity contribution in [2.75, 3.05) is 18.5 Å². The van der Waals surface area contributed by atoms with Crippen LogP contribution in [0.4, 0.5) is 5.69 Å². The van der Waals surface area contributed by atoms with Gasteiger partial charge in [0.1, 0.15) is 0 Å². The molecule has 0 aliphatic carbocycles. The van der Waals surface area contributed by atoms with Crippen LogP contribution >= 0.6 is 0 Å². The lowest BCUT2D eigenvalue weighted by Crippen LogP contribution is -2.42. The van der Waals surface area contributed by atoms with E-state index in [1.807, 2.05) is 49.4 Å². The topological polar surface area (TPSA) is 93.4 Å². The summed E-state index contributed by atoms with van der Waals surface area (Å²) in [5, 5.41) is 22.5. The van der Waals surface area contributed by atoms with E-state index >= 15 is 0 Å². The third-order valence-electron chi connectivity index (χ3n) is 6.80. The Balaban J connectivity index is 1.59. The second-order valence-electron chi connectivity index (χ2n) is 8.75. The first-order chi connectivity index (χ1) is 15.9. The molecule has 5 rings (SSSR count). The molecule has 3 atom stereocenters. The molecule has 0 unspecified atom stereocenters. The van der Waals surface area contributed by atoms with Crippen LogP contribution in [0.15, 0.2) is 71.6 Å². The van der Waals surface area contributed by atoms with E-state index in [9.17, 15) is 13.5 Å². The molecule has 0 spiro atoms. The van der Waals surface area contributed by atoms with Crippen LogP contribution in [0.5, 0.6) is 0 Å². The molecular formula is C26H25N3O3S. The highest BCUT2D eigenvalue weighted by Crippen LogP contribution is 2.49. The molecule has 2 aliphatic rings. The summed E-state index contributed by atoms with van der Waals surface area (Å²) in [7, 11) is -3.70. The molecule has 6 nitrogen and oxygen atoms in total. The van der Waals surface area contributed by atoms with E-state index in [0.29, 0.717) is 18.5 Å². The molecule has 0 amide bonds. The van der Waals surface area contributed by atoms with Gasteiger partial charge in [-0.15, -0.1) is 0 Å². The van der Waals surface area contributed by atoms with Crippen LogP contribution in [0.2, 0.25) is 0 Å². The monoisotopic (exact) mass is 459 g/mol. The summed E-state index contributed by atoms with van der Waals surface area (Å²) in [6, 6.07) is 21.9. The molecule has 1 saturated heterocycles. The Morgan fingerprint density at radius 3 is 2.42 bits per heavy atom. The number of aryl methyl sites for hydroxylation is 1. The lowest BCUT2D eigenvalue weighted by molar-refractivity contribution is 0.210. The number of fused-ring (bicyclic) bond motifs is 3. The first-order valence-corrected chi connectivity index (χ1v) is 12.5. The van der Waals surface area contributed by atoms with Gasteiger partial charge < -0.3 is 10.4 Å². The maximum absolute atomic E-state index is 13.6. The number of benzene rings is 3. The zero-order valence-corrected chi connectivity index (χ0v) is 19.1. The molecule has 2 aliphatic heterocycles. The van der Waals surface area contributed by atoms with Crippen molar-refractivity contribution in [2.45, 2.75) is 30.3 Å². The summed E-state index contributed by atoms with van der Waals surface area (Å²) in [6.45, 7) is 2.28. The van der Waals surface area contributed by atoms with E-state index in [1.54, 1.807) is 28.6 Å². The van der Waals surface area contributed by atoms with Crippen LogP contribution in [-0.4, -0.2) is 37.0 Å². The Morgan fingerprint density at radius 2 is 1.76 bits per heavy atom. The van der Waals surface area contributed by atoms with Crippen molar-refractivity contribution in [3.8, 4) is 17.2 Å². The number of hydrogen-bond acceptors (Lipinski definition) is 5. The molecular weight excluding hydrogens is 434 g/mol. The predicted octanol–water partition coefficient (Wildman–Crippen LogP) is 4.07. The van der Waals surface area contributed by atoms with Crippen LogP contribution in [0.25, 0.3) is 11.1 Å². The third kappa shape index (κ3) is 3.70. The van der Waals surface area contributed by atoms with Gasteiger partial charge >= 0.3 is 0 Å². The molecule has 0 saturated carbocycles. The Bertz CT molecular complexity index is 1330. The maximum Gasteiger partial charge on any atom is 0.243 e. The van der Waals surface area contributed by atoms with E-state index in [1.165, 1.54) is 0 Å². The summed E-state index contributed by atoms with van der Waals surface area (Å²) in [4.78, 5) is 0.289. The van der Waals surface area contributed by atoms with Crippen LogP contribution in [0.3, 0.4) is 0 Å². The maximum atomic E-state index is 13.6. The third-order valence-corrected chi connectivity index (χ3v) is 8.69. The molecule has 0 aromatic heterocycles. The van der Waals surface area contributed by atoms with Gasteiger partial charge in [0.15, 0.2) is 0 Å². The minimum atomic E-state index is -3.70. The molecule has 3 aromatic rings. The van der Waals surface area contributed by atoms with Gasteiger partial charge in [0.05, 0.1) is 35.2 Å². The van der Waals surface area contributed by atoms with Crippen molar-refractivity contribution < 1.29 is 13.5 Å². The number of anilines is 1. The van der Waals surface area contributed by atoms with Gasteiger partial charge in [-0.2, -0.15) is 9.57 Å². The van der Waals surface area contributed by atoms with Crippen LogP contribution in [0, 0.1) is 24.2 Å². The SMILES string of the molecule is Cc1ccc(S(=O)(=O)N2CC[C@@H]3[C@@H](CO)Nc4ccc(-c5ccc(C#N)cc5)cc4[C@@H]32)cc1. The highest BCUT2D eigenvalue weighted by atomic mass is 32.2. The van der Waals surface area contributed by atoms with Crippen molar-refractivity contribution in [2.24, 2.45) is 5.92 Å². The number of sulfonamides is 1. The van der Waals surface area contributed by atoms with E-state index in [-0.39, 0.29) is 29.5 Å². The first-order valence-electron chi connectivity index (χ1n) is 11.0. The molecule has 7 heteroatoms. The Labute approximate surface area is 194 Å². The van der Waals surface area contributed by atoms with Crippen LogP contribution in [-0.2, 0) is 10.0 Å². The average molecular weight is 460 g/mol. The Morgan fingerprint density at radius 1 is 1.06 bits per heavy atom. The first kappa shape index (κ1) is 21.7. The number of aliphatic hydroxyl groups is 1. The summed E-state index contributed by atoms with van der Waals surface area (Å²) in [6.07, 6.45) is 0.675. The normalized spacial score (nSPS) is 22.2. The molecule has 168 valence electrons. The second kappa shape index (κ2) is 8.31. The number of nitriles is 1.